The zero-order valence-electron chi connectivity index (χ0n) is 10.3. The van der Waals surface area contributed by atoms with Crippen LogP contribution >= 0.6 is 11.6 Å². The Balaban J connectivity index is 2.44. The molecule has 4 heteroatoms. The molecule has 18 heavy (non-hydrogen) atoms. The molecule has 0 radical (unpaired) electrons. The van der Waals surface area contributed by atoms with Gasteiger partial charge in [-0.3, -0.25) is 0 Å². The van der Waals surface area contributed by atoms with Crippen LogP contribution in [0.3, 0.4) is 0 Å². The fraction of sp³-hybridized carbons (Fsp3) is 0.286. The van der Waals surface area contributed by atoms with Gasteiger partial charge in [-0.1, -0.05) is 18.5 Å². The molecule has 96 valence electrons. The summed E-state index contributed by atoms with van der Waals surface area (Å²) >= 11 is 6.15. The summed E-state index contributed by atoms with van der Waals surface area (Å²) in [4.78, 5) is 0. The van der Waals surface area contributed by atoms with Gasteiger partial charge < -0.3 is 9.73 Å². The van der Waals surface area contributed by atoms with Gasteiger partial charge in [0.1, 0.15) is 11.6 Å². The van der Waals surface area contributed by atoms with Crippen molar-refractivity contribution in [2.45, 2.75) is 19.9 Å². The van der Waals surface area contributed by atoms with Crippen LogP contribution in [0.5, 0.6) is 0 Å². The molecule has 0 bridgehead atoms. The molecule has 0 aliphatic rings. The highest BCUT2D eigenvalue weighted by Crippen LogP contribution is 2.30. The Morgan fingerprint density at radius 1 is 1.39 bits per heavy atom. The topological polar surface area (TPSA) is 25.2 Å². The average Bonchev–Trinajstić information content (AvgIpc) is 2.76. The highest BCUT2D eigenvalue weighted by molar-refractivity contribution is 6.31. The molecule has 1 atom stereocenters. The Bertz CT molecular complexity index is 538. The third-order valence-corrected chi connectivity index (χ3v) is 3.11. The largest absolute Gasteiger partial charge is 0.469 e. The molecule has 1 aromatic carbocycles. The van der Waals surface area contributed by atoms with Gasteiger partial charge in [-0.05, 0) is 43.3 Å². The van der Waals surface area contributed by atoms with Gasteiger partial charge in [-0.15, -0.1) is 0 Å². The molecule has 0 saturated heterocycles. The molecule has 0 fully saturated rings. The molecule has 0 amide bonds. The maximum absolute atomic E-state index is 13.4. The molecule has 1 heterocycles. The van der Waals surface area contributed by atoms with Crippen LogP contribution in [-0.2, 0) is 0 Å². The predicted octanol–water partition coefficient (Wildman–Crippen LogP) is 4.08. The first-order valence-corrected chi connectivity index (χ1v) is 6.23. The number of halogens is 2. The van der Waals surface area contributed by atoms with Crippen molar-refractivity contribution in [1.82, 2.24) is 5.32 Å². The minimum Gasteiger partial charge on any atom is -0.469 e. The number of hydrogen-bond donors (Lipinski definition) is 1. The van der Waals surface area contributed by atoms with Gasteiger partial charge >= 0.3 is 0 Å². The van der Waals surface area contributed by atoms with Gasteiger partial charge in [-0.25, -0.2) is 4.39 Å². The molecule has 0 aliphatic heterocycles. The van der Waals surface area contributed by atoms with Gasteiger partial charge in [0, 0.05) is 10.6 Å². The lowest BCUT2D eigenvalue weighted by Crippen LogP contribution is -2.22. The number of rotatable bonds is 4. The highest BCUT2D eigenvalue weighted by atomic mass is 35.5. The van der Waals surface area contributed by atoms with Gasteiger partial charge in [0.25, 0.3) is 0 Å². The van der Waals surface area contributed by atoms with Crippen molar-refractivity contribution in [3.05, 3.63) is 58.3 Å². The number of hydrogen-bond acceptors (Lipinski definition) is 2. The van der Waals surface area contributed by atoms with Crippen molar-refractivity contribution in [2.75, 3.05) is 6.54 Å². The van der Waals surface area contributed by atoms with E-state index in [2.05, 4.69) is 5.32 Å². The minimum absolute atomic E-state index is 0.157. The van der Waals surface area contributed by atoms with Crippen LogP contribution in [0.25, 0.3) is 0 Å². The zero-order valence-corrected chi connectivity index (χ0v) is 11.1. The van der Waals surface area contributed by atoms with Crippen LogP contribution in [0, 0.1) is 12.7 Å². The smallest absolute Gasteiger partial charge is 0.123 e. The highest BCUT2D eigenvalue weighted by Gasteiger charge is 2.18. The van der Waals surface area contributed by atoms with Crippen LogP contribution in [0.4, 0.5) is 4.39 Å². The first kappa shape index (κ1) is 13.1. The quantitative estimate of drug-likeness (QED) is 0.903. The van der Waals surface area contributed by atoms with E-state index in [9.17, 15) is 4.39 Å². The lowest BCUT2D eigenvalue weighted by atomic mass is 10.0. The second kappa shape index (κ2) is 5.55. The number of furan rings is 1. The molecule has 2 aromatic rings. The van der Waals surface area contributed by atoms with Crippen molar-refractivity contribution in [3.63, 3.8) is 0 Å². The molecule has 0 spiro atoms. The fourth-order valence-corrected chi connectivity index (χ4v) is 2.19. The molecule has 0 aliphatic carbocycles. The zero-order chi connectivity index (χ0) is 13.1. The van der Waals surface area contributed by atoms with E-state index in [0.29, 0.717) is 5.02 Å². The van der Waals surface area contributed by atoms with E-state index < -0.39 is 0 Å². The Morgan fingerprint density at radius 3 is 2.78 bits per heavy atom. The lowest BCUT2D eigenvalue weighted by molar-refractivity contribution is 0.525. The standard InChI is InChI=1S/C14H15ClFNO/c1-3-17-14(10-6-9(2)18-8-10)12-7-11(16)4-5-13(12)15/h4-8,14,17H,3H2,1-2H3. The fourth-order valence-electron chi connectivity index (χ4n) is 1.96. The Morgan fingerprint density at radius 2 is 2.17 bits per heavy atom. The summed E-state index contributed by atoms with van der Waals surface area (Å²) in [5.74, 6) is 0.526. The maximum Gasteiger partial charge on any atom is 0.123 e. The maximum atomic E-state index is 13.4. The van der Waals surface area contributed by atoms with Crippen LogP contribution in [-0.4, -0.2) is 6.54 Å². The van der Waals surface area contributed by atoms with E-state index in [1.54, 1.807) is 12.3 Å². The summed E-state index contributed by atoms with van der Waals surface area (Å²) < 4.78 is 18.7. The van der Waals surface area contributed by atoms with E-state index in [1.165, 1.54) is 12.1 Å². The Kier molecular flexibility index (Phi) is 4.04. The molecule has 0 saturated carbocycles. The lowest BCUT2D eigenvalue weighted by Gasteiger charge is -2.18. The monoisotopic (exact) mass is 267 g/mol. The second-order valence-corrected chi connectivity index (χ2v) is 4.55. The summed E-state index contributed by atoms with van der Waals surface area (Å²) in [6.45, 7) is 4.62. The van der Waals surface area contributed by atoms with Crippen molar-refractivity contribution in [2.24, 2.45) is 0 Å². The van der Waals surface area contributed by atoms with Crippen LogP contribution in [0.1, 0.15) is 29.9 Å². The van der Waals surface area contributed by atoms with Gasteiger partial charge in [0.05, 0.1) is 12.3 Å². The third kappa shape index (κ3) is 2.74. The molecule has 2 rings (SSSR count). The minimum atomic E-state index is -0.294. The van der Waals surface area contributed by atoms with Crippen molar-refractivity contribution < 1.29 is 8.81 Å². The number of benzene rings is 1. The summed E-state index contributed by atoms with van der Waals surface area (Å²) in [5, 5.41) is 3.83. The summed E-state index contributed by atoms with van der Waals surface area (Å²) in [6.07, 6.45) is 1.67. The molecule has 1 N–H and O–H groups in total. The van der Waals surface area contributed by atoms with Crippen molar-refractivity contribution in [3.8, 4) is 0 Å². The van der Waals surface area contributed by atoms with Crippen LogP contribution in [0.15, 0.2) is 34.9 Å². The van der Waals surface area contributed by atoms with Gasteiger partial charge in [0.2, 0.25) is 0 Å². The average molecular weight is 268 g/mol. The van der Waals surface area contributed by atoms with Gasteiger partial charge in [-0.2, -0.15) is 0 Å². The first-order valence-electron chi connectivity index (χ1n) is 5.85. The molecule has 1 unspecified atom stereocenters. The number of aryl methyl sites for hydroxylation is 1. The third-order valence-electron chi connectivity index (χ3n) is 2.76. The van der Waals surface area contributed by atoms with Crippen LogP contribution < -0.4 is 5.32 Å². The predicted molar refractivity (Wildman–Crippen MR) is 70.4 cm³/mol. The van der Waals surface area contributed by atoms with E-state index in [4.69, 9.17) is 16.0 Å². The second-order valence-electron chi connectivity index (χ2n) is 4.15. The molecular formula is C14H15ClFNO. The van der Waals surface area contributed by atoms with Crippen molar-refractivity contribution >= 4 is 11.6 Å². The summed E-state index contributed by atoms with van der Waals surface area (Å²) in [5.41, 5.74) is 1.67. The van der Waals surface area contributed by atoms with E-state index in [1.807, 2.05) is 19.9 Å². The van der Waals surface area contributed by atoms with E-state index in [-0.39, 0.29) is 11.9 Å². The summed E-state index contributed by atoms with van der Waals surface area (Å²) in [7, 11) is 0. The van der Waals surface area contributed by atoms with E-state index >= 15 is 0 Å². The molecular weight excluding hydrogens is 253 g/mol. The Labute approximate surface area is 111 Å². The van der Waals surface area contributed by atoms with E-state index in [0.717, 1.165) is 23.4 Å². The Hall–Kier alpha value is -1.32. The molecule has 2 nitrogen and oxygen atoms in total. The van der Waals surface area contributed by atoms with Crippen molar-refractivity contribution in [1.29, 1.82) is 0 Å². The summed E-state index contributed by atoms with van der Waals surface area (Å²) in [6, 6.07) is 6.15. The first-order chi connectivity index (χ1) is 8.61. The van der Waals surface area contributed by atoms with Crippen LogP contribution in [0.2, 0.25) is 5.02 Å². The van der Waals surface area contributed by atoms with Gasteiger partial charge in [0.15, 0.2) is 0 Å². The molecule has 1 aromatic heterocycles. The number of nitrogens with one attached hydrogen (secondary N) is 1. The SMILES string of the molecule is CCNC(c1coc(C)c1)c1cc(F)ccc1Cl. The normalized spacial score (nSPS) is 12.7.